The molecule has 0 aliphatic carbocycles. The Balaban J connectivity index is 1.92. The number of nitro groups is 1. The fourth-order valence-corrected chi connectivity index (χ4v) is 2.31. The van der Waals surface area contributed by atoms with Gasteiger partial charge in [-0.2, -0.15) is 0 Å². The lowest BCUT2D eigenvalue weighted by molar-refractivity contribution is -0.385. The highest BCUT2D eigenvalue weighted by Gasteiger charge is 2.24. The molecule has 0 atom stereocenters. The highest BCUT2D eigenvalue weighted by atomic mass is 16.6. The number of ether oxygens (including phenoxy) is 2. The highest BCUT2D eigenvalue weighted by molar-refractivity contribution is 5.95. The Morgan fingerprint density at radius 2 is 1.92 bits per heavy atom. The zero-order chi connectivity index (χ0) is 19.1. The molecule has 1 amide bonds. The summed E-state index contributed by atoms with van der Waals surface area (Å²) >= 11 is 0. The standard InChI is InChI=1S/C18H18N2O6/c1-12-5-3-8-15(17(12)20(23)24)18(22)26-11-16(21)19-10-13-6-4-7-14(9-13)25-2/h3-9H,10-11H2,1-2H3,(H,19,21). The molecule has 2 aromatic carbocycles. The van der Waals surface area contributed by atoms with Gasteiger partial charge < -0.3 is 14.8 Å². The number of rotatable bonds is 7. The topological polar surface area (TPSA) is 108 Å². The molecule has 0 aliphatic rings. The van der Waals surface area contributed by atoms with E-state index in [4.69, 9.17) is 9.47 Å². The van der Waals surface area contributed by atoms with Gasteiger partial charge in [0, 0.05) is 12.1 Å². The van der Waals surface area contributed by atoms with Gasteiger partial charge in [0.25, 0.3) is 11.6 Å². The van der Waals surface area contributed by atoms with Gasteiger partial charge in [0.05, 0.1) is 12.0 Å². The Labute approximate surface area is 149 Å². The van der Waals surface area contributed by atoms with Gasteiger partial charge >= 0.3 is 5.97 Å². The molecule has 0 heterocycles. The third-order valence-electron chi connectivity index (χ3n) is 3.60. The van der Waals surface area contributed by atoms with E-state index in [9.17, 15) is 19.7 Å². The van der Waals surface area contributed by atoms with Gasteiger partial charge in [-0.05, 0) is 30.7 Å². The van der Waals surface area contributed by atoms with E-state index in [1.165, 1.54) is 25.1 Å². The number of methoxy groups -OCH3 is 1. The number of nitrogens with one attached hydrogen (secondary N) is 1. The van der Waals surface area contributed by atoms with E-state index in [1.54, 1.807) is 25.3 Å². The summed E-state index contributed by atoms with van der Waals surface area (Å²) in [7, 11) is 1.54. The van der Waals surface area contributed by atoms with Gasteiger partial charge in [-0.25, -0.2) is 4.79 Å². The van der Waals surface area contributed by atoms with Crippen LogP contribution >= 0.6 is 0 Å². The minimum atomic E-state index is -0.920. The van der Waals surface area contributed by atoms with E-state index in [-0.39, 0.29) is 17.8 Å². The quantitative estimate of drug-likeness (QED) is 0.462. The summed E-state index contributed by atoms with van der Waals surface area (Å²) in [6.07, 6.45) is 0. The number of nitro benzene ring substituents is 1. The van der Waals surface area contributed by atoms with Gasteiger partial charge in [0.1, 0.15) is 11.3 Å². The molecule has 8 heteroatoms. The van der Waals surface area contributed by atoms with Crippen molar-refractivity contribution in [3.05, 3.63) is 69.3 Å². The van der Waals surface area contributed by atoms with Crippen molar-refractivity contribution in [3.8, 4) is 5.75 Å². The predicted molar refractivity (Wildman–Crippen MR) is 93.0 cm³/mol. The first kappa shape index (κ1) is 18.9. The van der Waals surface area contributed by atoms with E-state index in [0.29, 0.717) is 11.3 Å². The van der Waals surface area contributed by atoms with E-state index < -0.39 is 23.4 Å². The lowest BCUT2D eigenvalue weighted by atomic mass is 10.1. The number of aryl methyl sites for hydroxylation is 1. The van der Waals surface area contributed by atoms with Gasteiger partial charge in [-0.15, -0.1) is 0 Å². The van der Waals surface area contributed by atoms with E-state index >= 15 is 0 Å². The Morgan fingerprint density at radius 3 is 2.62 bits per heavy atom. The first-order valence-electron chi connectivity index (χ1n) is 7.73. The Morgan fingerprint density at radius 1 is 1.19 bits per heavy atom. The normalized spacial score (nSPS) is 10.1. The summed E-state index contributed by atoms with van der Waals surface area (Å²) in [6, 6.07) is 11.5. The number of esters is 1. The molecule has 0 bridgehead atoms. The predicted octanol–water partition coefficient (Wildman–Crippen LogP) is 2.39. The monoisotopic (exact) mass is 358 g/mol. The number of benzene rings is 2. The number of para-hydroxylation sites is 1. The molecule has 8 nitrogen and oxygen atoms in total. The van der Waals surface area contributed by atoms with Crippen molar-refractivity contribution in [1.29, 1.82) is 0 Å². The Kier molecular flexibility index (Phi) is 6.26. The van der Waals surface area contributed by atoms with Crippen molar-refractivity contribution in [2.24, 2.45) is 0 Å². The van der Waals surface area contributed by atoms with Crippen molar-refractivity contribution < 1.29 is 24.0 Å². The van der Waals surface area contributed by atoms with Crippen LogP contribution in [0.15, 0.2) is 42.5 Å². The number of carbonyl (C=O) groups is 2. The second-order valence-corrected chi connectivity index (χ2v) is 5.43. The lowest BCUT2D eigenvalue weighted by Crippen LogP contribution is -2.28. The fraction of sp³-hybridized carbons (Fsp3) is 0.222. The van der Waals surface area contributed by atoms with Gasteiger partial charge in [0.15, 0.2) is 6.61 Å². The molecule has 1 N–H and O–H groups in total. The lowest BCUT2D eigenvalue weighted by Gasteiger charge is -2.08. The summed E-state index contributed by atoms with van der Waals surface area (Å²) in [5, 5.41) is 13.7. The number of hydrogen-bond acceptors (Lipinski definition) is 6. The molecular weight excluding hydrogens is 340 g/mol. The molecule has 26 heavy (non-hydrogen) atoms. The van der Waals surface area contributed by atoms with E-state index in [2.05, 4.69) is 5.32 Å². The average Bonchev–Trinajstić information content (AvgIpc) is 2.64. The number of carbonyl (C=O) groups excluding carboxylic acids is 2. The first-order chi connectivity index (χ1) is 12.4. The molecule has 0 radical (unpaired) electrons. The second-order valence-electron chi connectivity index (χ2n) is 5.43. The zero-order valence-electron chi connectivity index (χ0n) is 14.4. The molecule has 136 valence electrons. The zero-order valence-corrected chi connectivity index (χ0v) is 14.4. The minimum absolute atomic E-state index is 0.185. The highest BCUT2D eigenvalue weighted by Crippen LogP contribution is 2.23. The smallest absolute Gasteiger partial charge is 0.345 e. The summed E-state index contributed by atoms with van der Waals surface area (Å²) < 4.78 is 9.98. The number of nitrogens with zero attached hydrogens (tertiary/aromatic N) is 1. The van der Waals surface area contributed by atoms with E-state index in [1.807, 2.05) is 6.07 Å². The van der Waals surface area contributed by atoms with Gasteiger partial charge in [0.2, 0.25) is 0 Å². The van der Waals surface area contributed by atoms with Crippen LogP contribution in [0.25, 0.3) is 0 Å². The second kappa shape index (κ2) is 8.61. The molecule has 0 aromatic heterocycles. The molecular formula is C18H18N2O6. The molecule has 0 spiro atoms. The van der Waals surface area contributed by atoms with Crippen LogP contribution in [-0.4, -0.2) is 30.5 Å². The van der Waals surface area contributed by atoms with Gasteiger partial charge in [-0.3, -0.25) is 14.9 Å². The molecule has 0 fully saturated rings. The Bertz CT molecular complexity index is 834. The number of hydrogen-bond donors (Lipinski definition) is 1. The third kappa shape index (κ3) is 4.79. The minimum Gasteiger partial charge on any atom is -0.497 e. The molecule has 0 aliphatic heterocycles. The van der Waals surface area contributed by atoms with Crippen LogP contribution in [0, 0.1) is 17.0 Å². The van der Waals surface area contributed by atoms with Gasteiger partial charge in [-0.1, -0.05) is 24.3 Å². The first-order valence-corrected chi connectivity index (χ1v) is 7.73. The van der Waals surface area contributed by atoms with Crippen molar-refractivity contribution in [3.63, 3.8) is 0 Å². The van der Waals surface area contributed by atoms with Crippen molar-refractivity contribution in [1.82, 2.24) is 5.32 Å². The van der Waals surface area contributed by atoms with Crippen LogP contribution in [0.5, 0.6) is 5.75 Å². The maximum atomic E-state index is 12.1. The summed E-state index contributed by atoms with van der Waals surface area (Å²) in [4.78, 5) is 34.4. The molecule has 0 saturated heterocycles. The van der Waals surface area contributed by atoms with Crippen molar-refractivity contribution in [2.75, 3.05) is 13.7 Å². The van der Waals surface area contributed by atoms with E-state index in [0.717, 1.165) is 5.56 Å². The summed E-state index contributed by atoms with van der Waals surface area (Å²) in [5.41, 5.74) is 0.648. The number of amides is 1. The fourth-order valence-electron chi connectivity index (χ4n) is 2.31. The van der Waals surface area contributed by atoms with Crippen LogP contribution < -0.4 is 10.1 Å². The molecule has 2 aromatic rings. The Hall–Kier alpha value is -3.42. The maximum absolute atomic E-state index is 12.1. The van der Waals surface area contributed by atoms with Crippen molar-refractivity contribution >= 4 is 17.6 Å². The van der Waals surface area contributed by atoms with Crippen LogP contribution in [0.4, 0.5) is 5.69 Å². The molecule has 0 saturated carbocycles. The van der Waals surface area contributed by atoms with Crippen molar-refractivity contribution in [2.45, 2.75) is 13.5 Å². The molecule has 0 unspecified atom stereocenters. The van der Waals surface area contributed by atoms with Crippen LogP contribution in [0.3, 0.4) is 0 Å². The average molecular weight is 358 g/mol. The van der Waals surface area contributed by atoms with Crippen LogP contribution in [-0.2, 0) is 16.1 Å². The summed E-state index contributed by atoms with van der Waals surface area (Å²) in [5.74, 6) is -0.775. The molecule has 2 rings (SSSR count). The maximum Gasteiger partial charge on any atom is 0.345 e. The van der Waals surface area contributed by atoms with Crippen LogP contribution in [0.2, 0.25) is 0 Å². The van der Waals surface area contributed by atoms with Crippen LogP contribution in [0.1, 0.15) is 21.5 Å². The SMILES string of the molecule is COc1cccc(CNC(=O)COC(=O)c2cccc(C)c2[N+](=O)[O-])c1. The summed E-state index contributed by atoms with van der Waals surface area (Å²) in [6.45, 7) is 1.22. The third-order valence-corrected chi connectivity index (χ3v) is 3.60. The largest absolute Gasteiger partial charge is 0.497 e.